The van der Waals surface area contributed by atoms with E-state index in [1.807, 2.05) is 0 Å². The minimum Gasteiger partial charge on any atom is -0.508 e. The van der Waals surface area contributed by atoms with Crippen molar-refractivity contribution in [3.63, 3.8) is 0 Å². The molecule has 7 heteroatoms. The number of aromatic hydroxyl groups is 1. The minimum atomic E-state index is -0.731. The predicted octanol–water partition coefficient (Wildman–Crippen LogP) is 3.68. The minimum absolute atomic E-state index is 0.0340. The van der Waals surface area contributed by atoms with Gasteiger partial charge < -0.3 is 19.0 Å². The van der Waals surface area contributed by atoms with Gasteiger partial charge in [0.1, 0.15) is 11.5 Å². The van der Waals surface area contributed by atoms with E-state index in [-0.39, 0.29) is 17.2 Å². The standard InChI is InChI=1S/C19H18N2O5/c1-11-4-5-14(10-16(11)22)19(23)25-12(2)17-20-21-18(26-17)13-6-8-15(24-3)9-7-13/h4-10,12,22H,1-3H3. The lowest BCUT2D eigenvalue weighted by Gasteiger charge is -2.10. The first-order valence-corrected chi connectivity index (χ1v) is 7.96. The van der Waals surface area contributed by atoms with Crippen molar-refractivity contribution in [3.8, 4) is 23.0 Å². The van der Waals surface area contributed by atoms with E-state index >= 15 is 0 Å². The summed E-state index contributed by atoms with van der Waals surface area (Å²) in [5.41, 5.74) is 1.65. The highest BCUT2D eigenvalue weighted by atomic mass is 16.6. The fourth-order valence-electron chi connectivity index (χ4n) is 2.26. The number of phenolic OH excluding ortho intramolecular Hbond substituents is 1. The number of aromatic nitrogens is 2. The number of benzene rings is 2. The number of ether oxygens (including phenoxy) is 2. The van der Waals surface area contributed by atoms with Crippen LogP contribution in [0.25, 0.3) is 11.5 Å². The van der Waals surface area contributed by atoms with Crippen molar-refractivity contribution in [1.82, 2.24) is 10.2 Å². The van der Waals surface area contributed by atoms with Crippen LogP contribution in [0, 0.1) is 6.92 Å². The number of nitrogens with zero attached hydrogens (tertiary/aromatic N) is 2. The molecule has 3 aromatic rings. The Morgan fingerprint density at radius 2 is 1.88 bits per heavy atom. The highest BCUT2D eigenvalue weighted by Crippen LogP contribution is 2.25. The van der Waals surface area contributed by atoms with Crippen molar-refractivity contribution < 1.29 is 23.8 Å². The Labute approximate surface area is 150 Å². The normalized spacial score (nSPS) is 11.8. The van der Waals surface area contributed by atoms with Gasteiger partial charge in [-0.05, 0) is 55.8 Å². The maximum absolute atomic E-state index is 12.2. The Kier molecular flexibility index (Phi) is 4.88. The molecular formula is C19H18N2O5. The van der Waals surface area contributed by atoms with E-state index < -0.39 is 12.1 Å². The highest BCUT2D eigenvalue weighted by Gasteiger charge is 2.20. The highest BCUT2D eigenvalue weighted by molar-refractivity contribution is 5.90. The van der Waals surface area contributed by atoms with Crippen LogP contribution < -0.4 is 4.74 Å². The van der Waals surface area contributed by atoms with Gasteiger partial charge in [-0.3, -0.25) is 0 Å². The third-order valence-electron chi connectivity index (χ3n) is 3.85. The summed E-state index contributed by atoms with van der Waals surface area (Å²) in [5.74, 6) is 0.667. The fourth-order valence-corrected chi connectivity index (χ4v) is 2.26. The van der Waals surface area contributed by atoms with Crippen LogP contribution in [-0.2, 0) is 4.74 Å². The summed E-state index contributed by atoms with van der Waals surface area (Å²) in [4.78, 5) is 12.2. The van der Waals surface area contributed by atoms with Crippen LogP contribution in [0.1, 0.15) is 34.8 Å². The molecule has 0 aliphatic rings. The van der Waals surface area contributed by atoms with Gasteiger partial charge in [-0.15, -0.1) is 10.2 Å². The van der Waals surface area contributed by atoms with E-state index in [0.717, 1.165) is 11.3 Å². The zero-order valence-corrected chi connectivity index (χ0v) is 14.6. The molecule has 0 spiro atoms. The Bertz CT molecular complexity index is 918. The number of esters is 1. The lowest BCUT2D eigenvalue weighted by Crippen LogP contribution is -2.09. The van der Waals surface area contributed by atoms with E-state index in [2.05, 4.69) is 10.2 Å². The van der Waals surface area contributed by atoms with Crippen LogP contribution in [0.2, 0.25) is 0 Å². The number of carbonyl (C=O) groups excluding carboxylic acids is 1. The number of carbonyl (C=O) groups is 1. The van der Waals surface area contributed by atoms with Gasteiger partial charge in [-0.25, -0.2) is 4.79 Å². The molecule has 3 rings (SSSR count). The third-order valence-corrected chi connectivity index (χ3v) is 3.85. The molecule has 7 nitrogen and oxygen atoms in total. The second kappa shape index (κ2) is 7.26. The third kappa shape index (κ3) is 3.66. The van der Waals surface area contributed by atoms with E-state index in [1.54, 1.807) is 57.4 Å². The predicted molar refractivity (Wildman–Crippen MR) is 93.0 cm³/mol. The molecule has 0 radical (unpaired) electrons. The Hall–Kier alpha value is -3.35. The zero-order chi connectivity index (χ0) is 18.7. The molecule has 1 unspecified atom stereocenters. The van der Waals surface area contributed by atoms with Crippen LogP contribution in [-0.4, -0.2) is 28.4 Å². The monoisotopic (exact) mass is 354 g/mol. The summed E-state index contributed by atoms with van der Waals surface area (Å²) in [7, 11) is 1.59. The molecule has 26 heavy (non-hydrogen) atoms. The van der Waals surface area contributed by atoms with Crippen molar-refractivity contribution in [3.05, 3.63) is 59.5 Å². The molecule has 0 saturated carbocycles. The maximum atomic E-state index is 12.2. The SMILES string of the molecule is COc1ccc(-c2nnc(C(C)OC(=O)c3ccc(C)c(O)c3)o2)cc1. The first-order valence-electron chi connectivity index (χ1n) is 7.96. The lowest BCUT2D eigenvalue weighted by atomic mass is 10.1. The number of aryl methyl sites for hydroxylation is 1. The Morgan fingerprint density at radius 1 is 1.15 bits per heavy atom. The number of methoxy groups -OCH3 is 1. The molecule has 1 heterocycles. The van der Waals surface area contributed by atoms with Crippen molar-refractivity contribution in [2.24, 2.45) is 0 Å². The maximum Gasteiger partial charge on any atom is 0.339 e. The van der Waals surface area contributed by atoms with E-state index in [9.17, 15) is 9.90 Å². The molecule has 0 fully saturated rings. The molecule has 0 amide bonds. The van der Waals surface area contributed by atoms with Crippen LogP contribution >= 0.6 is 0 Å². The van der Waals surface area contributed by atoms with Gasteiger partial charge in [0.25, 0.3) is 5.89 Å². The topological polar surface area (TPSA) is 94.7 Å². The molecule has 0 bridgehead atoms. The summed E-state index contributed by atoms with van der Waals surface area (Å²) in [6.45, 7) is 3.38. The summed E-state index contributed by atoms with van der Waals surface area (Å²) >= 11 is 0. The molecule has 134 valence electrons. The molecule has 1 aromatic heterocycles. The largest absolute Gasteiger partial charge is 0.508 e. The average molecular weight is 354 g/mol. The first kappa shape index (κ1) is 17.5. The van der Waals surface area contributed by atoms with E-state index in [4.69, 9.17) is 13.9 Å². The fraction of sp³-hybridized carbons (Fsp3) is 0.211. The van der Waals surface area contributed by atoms with Gasteiger partial charge in [0.15, 0.2) is 6.10 Å². The van der Waals surface area contributed by atoms with Crippen LogP contribution in [0.3, 0.4) is 0 Å². The quantitative estimate of drug-likeness (QED) is 0.698. The molecule has 1 N–H and O–H groups in total. The van der Waals surface area contributed by atoms with E-state index in [0.29, 0.717) is 11.5 Å². The molecular weight excluding hydrogens is 336 g/mol. The van der Waals surface area contributed by atoms with Crippen molar-refractivity contribution in [2.45, 2.75) is 20.0 Å². The zero-order valence-electron chi connectivity index (χ0n) is 14.6. The Morgan fingerprint density at radius 3 is 2.54 bits per heavy atom. The average Bonchev–Trinajstić information content (AvgIpc) is 3.14. The van der Waals surface area contributed by atoms with Gasteiger partial charge in [-0.2, -0.15) is 0 Å². The number of rotatable bonds is 5. The van der Waals surface area contributed by atoms with Gasteiger partial charge >= 0.3 is 5.97 Å². The molecule has 1 atom stereocenters. The van der Waals surface area contributed by atoms with Crippen LogP contribution in [0.5, 0.6) is 11.5 Å². The summed E-state index contributed by atoms with van der Waals surface area (Å²) in [5, 5.41) is 17.6. The number of hydrogen-bond acceptors (Lipinski definition) is 7. The van der Waals surface area contributed by atoms with Gasteiger partial charge in [0, 0.05) is 5.56 Å². The molecule has 0 aliphatic carbocycles. The lowest BCUT2D eigenvalue weighted by molar-refractivity contribution is 0.0279. The van der Waals surface area contributed by atoms with Crippen LogP contribution in [0.15, 0.2) is 46.9 Å². The second-order valence-electron chi connectivity index (χ2n) is 5.72. The second-order valence-corrected chi connectivity index (χ2v) is 5.72. The number of phenols is 1. The van der Waals surface area contributed by atoms with Crippen molar-refractivity contribution >= 4 is 5.97 Å². The van der Waals surface area contributed by atoms with Gasteiger partial charge in [-0.1, -0.05) is 6.07 Å². The number of hydrogen-bond donors (Lipinski definition) is 1. The van der Waals surface area contributed by atoms with Crippen LogP contribution in [0.4, 0.5) is 0 Å². The smallest absolute Gasteiger partial charge is 0.339 e. The first-order chi connectivity index (χ1) is 12.5. The van der Waals surface area contributed by atoms with Gasteiger partial charge in [0.2, 0.25) is 5.89 Å². The summed E-state index contributed by atoms with van der Waals surface area (Å²) < 4.78 is 16.0. The summed E-state index contributed by atoms with van der Waals surface area (Å²) in [6, 6.07) is 11.7. The Balaban J connectivity index is 1.71. The molecule has 2 aromatic carbocycles. The van der Waals surface area contributed by atoms with Crippen molar-refractivity contribution in [2.75, 3.05) is 7.11 Å². The van der Waals surface area contributed by atoms with Gasteiger partial charge in [0.05, 0.1) is 12.7 Å². The van der Waals surface area contributed by atoms with Crippen molar-refractivity contribution in [1.29, 1.82) is 0 Å². The molecule has 0 aliphatic heterocycles. The molecule has 0 saturated heterocycles. The van der Waals surface area contributed by atoms with E-state index in [1.165, 1.54) is 6.07 Å². The summed E-state index contributed by atoms with van der Waals surface area (Å²) in [6.07, 6.45) is -0.731.